The molecule has 0 bridgehead atoms. The quantitative estimate of drug-likeness (QED) is 0.513. The first-order valence-corrected chi connectivity index (χ1v) is 7.27. The predicted octanol–water partition coefficient (Wildman–Crippen LogP) is 3.13. The van der Waals surface area contributed by atoms with Crippen molar-refractivity contribution in [1.29, 1.82) is 0 Å². The lowest BCUT2D eigenvalue weighted by atomic mass is 9.82. The zero-order chi connectivity index (χ0) is 16.1. The Labute approximate surface area is 127 Å². The Bertz CT molecular complexity index is 556. The summed E-state index contributed by atoms with van der Waals surface area (Å²) in [5, 5.41) is 13.9. The maximum atomic E-state index is 13.1. The predicted molar refractivity (Wildman–Crippen MR) is 79.0 cm³/mol. The third-order valence-electron chi connectivity index (χ3n) is 4.12. The number of esters is 1. The third-order valence-corrected chi connectivity index (χ3v) is 4.12. The molecule has 0 atom stereocenters. The second-order valence-corrected chi connectivity index (χ2v) is 5.54. The Kier molecular flexibility index (Phi) is 5.30. The Balaban J connectivity index is 1.90. The minimum absolute atomic E-state index is 0.0404. The summed E-state index contributed by atoms with van der Waals surface area (Å²) < 4.78 is 17.8. The highest BCUT2D eigenvalue weighted by Gasteiger charge is 2.27. The fraction of sp³-hybridized carbons (Fsp3) is 0.533. The second kappa shape index (κ2) is 7.20. The molecular formula is C15H19FN2O4. The van der Waals surface area contributed by atoms with E-state index in [9.17, 15) is 19.3 Å². The molecule has 1 aliphatic rings. The lowest BCUT2D eigenvalue weighted by Gasteiger charge is -2.27. The van der Waals surface area contributed by atoms with Crippen molar-refractivity contribution in [3.63, 3.8) is 0 Å². The van der Waals surface area contributed by atoms with Crippen LogP contribution >= 0.6 is 0 Å². The number of anilines is 1. The first-order valence-electron chi connectivity index (χ1n) is 7.27. The highest BCUT2D eigenvalue weighted by Crippen LogP contribution is 2.31. The molecule has 0 spiro atoms. The fourth-order valence-electron chi connectivity index (χ4n) is 2.83. The number of nitrogens with one attached hydrogen (secondary N) is 1. The summed E-state index contributed by atoms with van der Waals surface area (Å²) in [4.78, 5) is 21.8. The van der Waals surface area contributed by atoms with Crippen molar-refractivity contribution in [2.45, 2.75) is 25.7 Å². The first kappa shape index (κ1) is 16.2. The van der Waals surface area contributed by atoms with Crippen molar-refractivity contribution in [3.05, 3.63) is 34.1 Å². The van der Waals surface area contributed by atoms with Crippen LogP contribution in [0.1, 0.15) is 25.7 Å². The molecule has 1 saturated carbocycles. The van der Waals surface area contributed by atoms with Gasteiger partial charge in [-0.3, -0.25) is 14.9 Å². The molecule has 2 rings (SSSR count). The molecule has 1 N–H and O–H groups in total. The lowest BCUT2D eigenvalue weighted by molar-refractivity contribution is -0.384. The molecule has 6 nitrogen and oxygen atoms in total. The van der Waals surface area contributed by atoms with Gasteiger partial charge in [-0.05, 0) is 43.7 Å². The first-order chi connectivity index (χ1) is 10.5. The van der Waals surface area contributed by atoms with Crippen LogP contribution in [-0.2, 0) is 9.53 Å². The largest absolute Gasteiger partial charge is 0.469 e. The number of nitro groups is 1. The smallest absolute Gasteiger partial charge is 0.308 e. The van der Waals surface area contributed by atoms with Crippen molar-refractivity contribution in [2.75, 3.05) is 19.0 Å². The minimum Gasteiger partial charge on any atom is -0.469 e. The van der Waals surface area contributed by atoms with Crippen LogP contribution in [0.15, 0.2) is 18.2 Å². The number of rotatable bonds is 5. The molecule has 1 aromatic carbocycles. The number of methoxy groups -OCH3 is 1. The molecule has 1 aromatic rings. The number of carbonyl (C=O) groups excluding carboxylic acids is 1. The summed E-state index contributed by atoms with van der Waals surface area (Å²) in [6.45, 7) is 0.570. The Morgan fingerprint density at radius 3 is 2.68 bits per heavy atom. The average Bonchev–Trinajstić information content (AvgIpc) is 2.53. The lowest BCUT2D eigenvalue weighted by Crippen LogP contribution is -2.26. The molecule has 0 amide bonds. The van der Waals surface area contributed by atoms with E-state index in [1.54, 1.807) is 0 Å². The van der Waals surface area contributed by atoms with Gasteiger partial charge < -0.3 is 10.1 Å². The maximum Gasteiger partial charge on any atom is 0.308 e. The summed E-state index contributed by atoms with van der Waals surface area (Å²) in [7, 11) is 1.39. The number of hydrogen-bond acceptors (Lipinski definition) is 5. The number of ether oxygens (including phenoxy) is 1. The highest BCUT2D eigenvalue weighted by atomic mass is 19.1. The van der Waals surface area contributed by atoms with E-state index in [4.69, 9.17) is 4.74 Å². The Morgan fingerprint density at radius 1 is 1.41 bits per heavy atom. The molecule has 0 unspecified atom stereocenters. The van der Waals surface area contributed by atoms with Gasteiger partial charge in [0, 0.05) is 6.54 Å². The molecule has 0 aromatic heterocycles. The second-order valence-electron chi connectivity index (χ2n) is 5.54. The van der Waals surface area contributed by atoms with Crippen LogP contribution in [0.4, 0.5) is 15.8 Å². The van der Waals surface area contributed by atoms with Gasteiger partial charge in [-0.1, -0.05) is 0 Å². The van der Waals surface area contributed by atoms with Crippen molar-refractivity contribution in [3.8, 4) is 0 Å². The standard InChI is InChI=1S/C15H19FN2O4/c1-22-15(19)11-4-2-10(3-5-11)9-17-13-7-6-12(16)8-14(13)18(20)21/h6-8,10-11,17H,2-5,9H2,1H3. The number of carbonyl (C=O) groups is 1. The van der Waals surface area contributed by atoms with E-state index >= 15 is 0 Å². The molecule has 0 radical (unpaired) electrons. The molecule has 1 aliphatic carbocycles. The maximum absolute atomic E-state index is 13.1. The number of benzene rings is 1. The topological polar surface area (TPSA) is 81.5 Å². The van der Waals surface area contributed by atoms with E-state index in [-0.39, 0.29) is 17.6 Å². The summed E-state index contributed by atoms with van der Waals surface area (Å²) >= 11 is 0. The van der Waals surface area contributed by atoms with Gasteiger partial charge in [-0.15, -0.1) is 0 Å². The van der Waals surface area contributed by atoms with E-state index in [2.05, 4.69) is 5.32 Å². The van der Waals surface area contributed by atoms with E-state index < -0.39 is 10.7 Å². The van der Waals surface area contributed by atoms with Gasteiger partial charge in [0.2, 0.25) is 0 Å². The summed E-state index contributed by atoms with van der Waals surface area (Å²) in [5.41, 5.74) is 0.0599. The number of hydrogen-bond donors (Lipinski definition) is 1. The van der Waals surface area contributed by atoms with Crippen LogP contribution in [0.3, 0.4) is 0 Å². The molecular weight excluding hydrogens is 291 g/mol. The van der Waals surface area contributed by atoms with Crippen molar-refractivity contribution in [1.82, 2.24) is 0 Å². The van der Waals surface area contributed by atoms with Gasteiger partial charge >= 0.3 is 5.97 Å². The molecule has 1 fully saturated rings. The van der Waals surface area contributed by atoms with Crippen LogP contribution in [0.5, 0.6) is 0 Å². The molecule has 120 valence electrons. The van der Waals surface area contributed by atoms with Crippen molar-refractivity contribution >= 4 is 17.3 Å². The van der Waals surface area contributed by atoms with Crippen LogP contribution in [0, 0.1) is 27.8 Å². The van der Waals surface area contributed by atoms with E-state index in [1.165, 1.54) is 19.2 Å². The molecule has 0 heterocycles. The van der Waals surface area contributed by atoms with Gasteiger partial charge in [0.05, 0.1) is 24.0 Å². The summed E-state index contributed by atoms with van der Waals surface area (Å²) in [5.74, 6) is -0.497. The number of halogens is 1. The van der Waals surface area contributed by atoms with Crippen molar-refractivity contribution in [2.24, 2.45) is 11.8 Å². The highest BCUT2D eigenvalue weighted by molar-refractivity contribution is 5.72. The zero-order valence-corrected chi connectivity index (χ0v) is 12.4. The van der Waals surface area contributed by atoms with Gasteiger partial charge in [-0.2, -0.15) is 0 Å². The van der Waals surface area contributed by atoms with Crippen molar-refractivity contribution < 1.29 is 18.8 Å². The Morgan fingerprint density at radius 2 is 2.09 bits per heavy atom. The monoisotopic (exact) mass is 310 g/mol. The van der Waals surface area contributed by atoms with Gasteiger partial charge in [-0.25, -0.2) is 4.39 Å². The minimum atomic E-state index is -0.629. The molecule has 22 heavy (non-hydrogen) atoms. The number of nitrogens with zero attached hydrogens (tertiary/aromatic N) is 1. The van der Waals surface area contributed by atoms with Crippen LogP contribution in [0.2, 0.25) is 0 Å². The molecule has 0 saturated heterocycles. The third kappa shape index (κ3) is 3.93. The van der Waals surface area contributed by atoms with Gasteiger partial charge in [0.25, 0.3) is 5.69 Å². The average molecular weight is 310 g/mol. The Hall–Kier alpha value is -2.18. The SMILES string of the molecule is COC(=O)C1CCC(CNc2ccc(F)cc2[N+](=O)[O-])CC1. The van der Waals surface area contributed by atoms with Crippen LogP contribution in [0.25, 0.3) is 0 Å². The summed E-state index contributed by atoms with van der Waals surface area (Å²) in [6, 6.07) is 3.49. The molecule has 7 heteroatoms. The summed E-state index contributed by atoms with van der Waals surface area (Å²) in [6.07, 6.45) is 3.26. The normalized spacial score (nSPS) is 21.2. The van der Waals surface area contributed by atoms with Crippen LogP contribution < -0.4 is 5.32 Å². The van der Waals surface area contributed by atoms with Crippen LogP contribution in [-0.4, -0.2) is 24.5 Å². The van der Waals surface area contributed by atoms with Gasteiger partial charge in [0.1, 0.15) is 11.5 Å². The van der Waals surface area contributed by atoms with Gasteiger partial charge in [0.15, 0.2) is 0 Å². The zero-order valence-electron chi connectivity index (χ0n) is 12.4. The van der Waals surface area contributed by atoms with E-state index in [0.717, 1.165) is 31.7 Å². The van der Waals surface area contributed by atoms with E-state index in [0.29, 0.717) is 18.2 Å². The molecule has 0 aliphatic heterocycles. The number of nitro benzene ring substituents is 1. The fourth-order valence-corrected chi connectivity index (χ4v) is 2.83. The van der Waals surface area contributed by atoms with E-state index in [1.807, 2.05) is 0 Å².